The highest BCUT2D eigenvalue weighted by Crippen LogP contribution is 2.32. The van der Waals surface area contributed by atoms with Crippen molar-refractivity contribution >= 4 is 15.5 Å². The third-order valence-corrected chi connectivity index (χ3v) is 5.94. The maximum atomic E-state index is 12.0. The highest BCUT2D eigenvalue weighted by atomic mass is 32.2. The van der Waals surface area contributed by atoms with Crippen molar-refractivity contribution in [3.8, 4) is 0 Å². The Balaban J connectivity index is 2.16. The zero-order valence-corrected chi connectivity index (χ0v) is 13.8. The molecule has 1 unspecified atom stereocenters. The van der Waals surface area contributed by atoms with Gasteiger partial charge in [0.05, 0.1) is 5.75 Å². The zero-order valence-electron chi connectivity index (χ0n) is 13.0. The highest BCUT2D eigenvalue weighted by molar-refractivity contribution is 7.91. The van der Waals surface area contributed by atoms with Gasteiger partial charge in [-0.25, -0.2) is 8.42 Å². The predicted molar refractivity (Wildman–Crippen MR) is 88.6 cm³/mol. The van der Waals surface area contributed by atoms with Crippen LogP contribution in [-0.4, -0.2) is 40.1 Å². The predicted octanol–water partition coefficient (Wildman–Crippen LogP) is 2.37. The smallest absolute Gasteiger partial charge is 0.152 e. The molecule has 4 nitrogen and oxygen atoms in total. The van der Waals surface area contributed by atoms with Gasteiger partial charge < -0.3 is 10.2 Å². The average Bonchev–Trinajstić information content (AvgIpc) is 2.64. The molecule has 0 radical (unpaired) electrons. The minimum absolute atomic E-state index is 0.249. The highest BCUT2D eigenvalue weighted by Gasteiger charge is 2.22. The van der Waals surface area contributed by atoms with Crippen molar-refractivity contribution in [3.05, 3.63) is 29.8 Å². The van der Waals surface area contributed by atoms with Gasteiger partial charge in [0.25, 0.3) is 0 Å². The van der Waals surface area contributed by atoms with Crippen molar-refractivity contribution in [1.82, 2.24) is 5.32 Å². The number of nitrogens with one attached hydrogen (secondary N) is 1. The van der Waals surface area contributed by atoms with E-state index in [0.29, 0.717) is 24.8 Å². The number of hydrogen-bond donors (Lipinski definition) is 1. The maximum Gasteiger partial charge on any atom is 0.152 e. The van der Waals surface area contributed by atoms with Crippen molar-refractivity contribution < 1.29 is 8.42 Å². The number of fused-ring (bicyclic) bond motifs is 1. The molecule has 1 heterocycles. The quantitative estimate of drug-likeness (QED) is 0.876. The Morgan fingerprint density at radius 3 is 2.76 bits per heavy atom. The van der Waals surface area contributed by atoms with Gasteiger partial charge in [-0.15, -0.1) is 0 Å². The van der Waals surface area contributed by atoms with Crippen LogP contribution in [0.25, 0.3) is 0 Å². The normalized spacial score (nSPS) is 19.1. The molecule has 5 heteroatoms. The van der Waals surface area contributed by atoms with Gasteiger partial charge in [-0.05, 0) is 37.9 Å². The van der Waals surface area contributed by atoms with Crippen LogP contribution in [0.5, 0.6) is 0 Å². The van der Waals surface area contributed by atoms with E-state index in [1.807, 2.05) is 20.0 Å². The molecule has 1 aliphatic rings. The zero-order chi connectivity index (χ0) is 15.3. The van der Waals surface area contributed by atoms with Gasteiger partial charge in [0.1, 0.15) is 0 Å². The topological polar surface area (TPSA) is 49.4 Å². The summed E-state index contributed by atoms with van der Waals surface area (Å²) in [5, 5.41) is 3.37. The van der Waals surface area contributed by atoms with E-state index in [-0.39, 0.29) is 5.75 Å². The molecule has 0 bridgehead atoms. The van der Waals surface area contributed by atoms with E-state index >= 15 is 0 Å². The first-order chi connectivity index (χ1) is 10.1. The van der Waals surface area contributed by atoms with E-state index in [4.69, 9.17) is 0 Å². The Morgan fingerprint density at radius 1 is 1.29 bits per heavy atom. The minimum Gasteiger partial charge on any atom is -0.370 e. The molecular formula is C16H26N2O2S. The summed E-state index contributed by atoms with van der Waals surface area (Å²) in [5.41, 5.74) is 2.46. The molecule has 0 fully saturated rings. The lowest BCUT2D eigenvalue weighted by Gasteiger charge is -2.25. The van der Waals surface area contributed by atoms with E-state index in [9.17, 15) is 8.42 Å². The number of para-hydroxylation sites is 1. The van der Waals surface area contributed by atoms with Crippen LogP contribution in [0.1, 0.15) is 37.8 Å². The number of hydrogen-bond acceptors (Lipinski definition) is 4. The van der Waals surface area contributed by atoms with Crippen molar-refractivity contribution in [2.45, 2.75) is 32.2 Å². The number of nitrogens with zero attached hydrogens (tertiary/aromatic N) is 1. The first-order valence-electron chi connectivity index (χ1n) is 7.79. The number of benzene rings is 1. The molecular weight excluding hydrogens is 284 g/mol. The second kappa shape index (κ2) is 7.27. The second-order valence-electron chi connectivity index (χ2n) is 5.68. The van der Waals surface area contributed by atoms with Crippen molar-refractivity contribution in [1.29, 1.82) is 0 Å². The van der Waals surface area contributed by atoms with Crippen LogP contribution in [0.15, 0.2) is 24.3 Å². The molecule has 1 aromatic rings. The van der Waals surface area contributed by atoms with E-state index in [1.165, 1.54) is 11.3 Å². The van der Waals surface area contributed by atoms with Crippen molar-refractivity contribution in [2.24, 2.45) is 0 Å². The largest absolute Gasteiger partial charge is 0.370 e. The Labute approximate surface area is 128 Å². The summed E-state index contributed by atoms with van der Waals surface area (Å²) < 4.78 is 23.9. The molecule has 1 aliphatic heterocycles. The Morgan fingerprint density at radius 2 is 2.05 bits per heavy atom. The SMILES string of the molecule is CCCS(=O)(=O)CCN1CCCC(NC)c2ccccc21. The van der Waals surface area contributed by atoms with Gasteiger partial charge in [0.15, 0.2) is 9.84 Å². The molecule has 0 aliphatic carbocycles. The summed E-state index contributed by atoms with van der Waals surface area (Å²) in [7, 11) is -0.933. The third-order valence-electron chi connectivity index (χ3n) is 4.11. The molecule has 1 aromatic carbocycles. The lowest BCUT2D eigenvalue weighted by atomic mass is 10.0. The Kier molecular flexibility index (Phi) is 5.65. The van der Waals surface area contributed by atoms with Crippen LogP contribution in [0.4, 0.5) is 5.69 Å². The monoisotopic (exact) mass is 310 g/mol. The average molecular weight is 310 g/mol. The summed E-state index contributed by atoms with van der Waals surface area (Å²) in [6.07, 6.45) is 2.86. The minimum atomic E-state index is -2.92. The fraction of sp³-hybridized carbons (Fsp3) is 0.625. The van der Waals surface area contributed by atoms with Crippen LogP contribution < -0.4 is 10.2 Å². The lowest BCUT2D eigenvalue weighted by Crippen LogP contribution is -2.31. The van der Waals surface area contributed by atoms with Gasteiger partial charge in [-0.3, -0.25) is 0 Å². The summed E-state index contributed by atoms with van der Waals surface area (Å²) in [6, 6.07) is 8.70. The van der Waals surface area contributed by atoms with E-state index in [2.05, 4.69) is 28.4 Å². The Hall–Kier alpha value is -1.07. The van der Waals surface area contributed by atoms with Crippen LogP contribution in [0.2, 0.25) is 0 Å². The summed E-state index contributed by atoms with van der Waals surface area (Å²) in [6.45, 7) is 3.43. The molecule has 1 N–H and O–H groups in total. The molecule has 21 heavy (non-hydrogen) atoms. The molecule has 0 aromatic heterocycles. The van der Waals surface area contributed by atoms with Gasteiger partial charge in [-0.2, -0.15) is 0 Å². The van der Waals surface area contributed by atoms with Gasteiger partial charge in [0.2, 0.25) is 0 Å². The molecule has 0 amide bonds. The third kappa shape index (κ3) is 4.20. The van der Waals surface area contributed by atoms with Gasteiger partial charge in [0, 0.05) is 30.6 Å². The molecule has 118 valence electrons. The summed E-state index contributed by atoms with van der Waals surface area (Å²) in [5.74, 6) is 0.543. The second-order valence-corrected chi connectivity index (χ2v) is 7.98. The molecule has 2 rings (SSSR count). The number of sulfone groups is 1. The molecule has 0 saturated carbocycles. The maximum absolute atomic E-state index is 12.0. The summed E-state index contributed by atoms with van der Waals surface area (Å²) >= 11 is 0. The van der Waals surface area contributed by atoms with Gasteiger partial charge in [-0.1, -0.05) is 25.1 Å². The number of anilines is 1. The first-order valence-corrected chi connectivity index (χ1v) is 9.61. The summed E-state index contributed by atoms with van der Waals surface area (Å²) in [4.78, 5) is 2.24. The van der Waals surface area contributed by atoms with E-state index in [0.717, 1.165) is 19.4 Å². The Bertz CT molecular complexity index is 557. The first kappa shape index (κ1) is 16.3. The fourth-order valence-corrected chi connectivity index (χ4v) is 4.35. The van der Waals surface area contributed by atoms with Crippen molar-refractivity contribution in [3.63, 3.8) is 0 Å². The van der Waals surface area contributed by atoms with Gasteiger partial charge >= 0.3 is 0 Å². The lowest BCUT2D eigenvalue weighted by molar-refractivity contribution is 0.542. The van der Waals surface area contributed by atoms with Crippen LogP contribution in [0.3, 0.4) is 0 Å². The molecule has 1 atom stereocenters. The van der Waals surface area contributed by atoms with Crippen LogP contribution in [0, 0.1) is 0 Å². The number of rotatable bonds is 6. The van der Waals surface area contributed by atoms with Crippen molar-refractivity contribution in [2.75, 3.05) is 36.5 Å². The van der Waals surface area contributed by atoms with E-state index in [1.54, 1.807) is 0 Å². The molecule has 0 saturated heterocycles. The fourth-order valence-electron chi connectivity index (χ4n) is 3.03. The van der Waals surface area contributed by atoms with Crippen LogP contribution >= 0.6 is 0 Å². The molecule has 0 spiro atoms. The van der Waals surface area contributed by atoms with Crippen LogP contribution in [-0.2, 0) is 9.84 Å². The standard InChI is InChI=1S/C16H26N2O2S/c1-3-12-21(19,20)13-11-18-10-6-8-15(17-2)14-7-4-5-9-16(14)18/h4-5,7,9,15,17H,3,6,8,10-13H2,1-2H3. The van der Waals surface area contributed by atoms with E-state index < -0.39 is 9.84 Å².